The van der Waals surface area contributed by atoms with Gasteiger partial charge in [0.15, 0.2) is 12.4 Å². The van der Waals surface area contributed by atoms with Gasteiger partial charge in [-0.15, -0.1) is 0 Å². The maximum Gasteiger partial charge on any atom is 0.184 e. The van der Waals surface area contributed by atoms with Crippen LogP contribution in [0.15, 0.2) is 42.7 Å². The van der Waals surface area contributed by atoms with Gasteiger partial charge in [-0.2, -0.15) is 4.73 Å². The zero-order valence-corrected chi connectivity index (χ0v) is 9.57. The third kappa shape index (κ3) is 2.56. The van der Waals surface area contributed by atoms with Gasteiger partial charge >= 0.3 is 0 Å². The molecular weight excluding hydrogens is 249 g/mol. The average Bonchev–Trinajstić information content (AvgIpc) is 2.25. The Kier molecular flexibility index (Phi) is 3.17. The Morgan fingerprint density at radius 1 is 1.06 bits per heavy atom. The van der Waals surface area contributed by atoms with Crippen LogP contribution in [0.2, 0.25) is 10.0 Å². The summed E-state index contributed by atoms with van der Waals surface area (Å²) in [6.45, 7) is 0. The van der Waals surface area contributed by atoms with Crippen LogP contribution in [0.3, 0.4) is 0 Å². The number of benzene rings is 1. The standard InChI is InChI=1S/C11H7Cl2NO2/c12-8-1-2-11(10(13)7-8)16-9-3-5-14(15)6-4-9/h1-7H. The van der Waals surface area contributed by atoms with Crippen molar-refractivity contribution in [1.82, 2.24) is 0 Å². The molecule has 0 bridgehead atoms. The van der Waals surface area contributed by atoms with Crippen LogP contribution in [-0.2, 0) is 0 Å². The molecule has 16 heavy (non-hydrogen) atoms. The van der Waals surface area contributed by atoms with E-state index in [0.29, 0.717) is 26.3 Å². The van der Waals surface area contributed by atoms with Gasteiger partial charge in [0.1, 0.15) is 11.5 Å². The minimum atomic E-state index is 0.423. The number of nitrogens with zero attached hydrogens (tertiary/aromatic N) is 1. The van der Waals surface area contributed by atoms with E-state index >= 15 is 0 Å². The summed E-state index contributed by atoms with van der Waals surface area (Å²) in [7, 11) is 0. The van der Waals surface area contributed by atoms with E-state index in [1.807, 2.05) is 0 Å². The number of hydrogen-bond acceptors (Lipinski definition) is 2. The fourth-order valence-electron chi connectivity index (χ4n) is 1.15. The summed E-state index contributed by atoms with van der Waals surface area (Å²) in [5.74, 6) is 1.03. The van der Waals surface area contributed by atoms with Gasteiger partial charge in [0.2, 0.25) is 0 Å². The molecule has 0 radical (unpaired) electrons. The highest BCUT2D eigenvalue weighted by molar-refractivity contribution is 6.35. The van der Waals surface area contributed by atoms with E-state index in [0.717, 1.165) is 0 Å². The smallest absolute Gasteiger partial charge is 0.184 e. The monoisotopic (exact) mass is 255 g/mol. The molecule has 0 saturated heterocycles. The summed E-state index contributed by atoms with van der Waals surface area (Å²) in [4.78, 5) is 0. The van der Waals surface area contributed by atoms with Crippen molar-refractivity contribution in [2.75, 3.05) is 0 Å². The molecule has 1 aromatic heterocycles. The largest absolute Gasteiger partial charge is 0.619 e. The van der Waals surface area contributed by atoms with E-state index < -0.39 is 0 Å². The lowest BCUT2D eigenvalue weighted by Crippen LogP contribution is -2.23. The lowest BCUT2D eigenvalue weighted by atomic mass is 10.3. The Labute approximate surface area is 102 Å². The van der Waals surface area contributed by atoms with Gasteiger partial charge in [0, 0.05) is 17.2 Å². The number of ether oxygens (including phenoxy) is 1. The minimum absolute atomic E-state index is 0.423. The normalized spacial score (nSPS) is 10.1. The number of halogens is 2. The second kappa shape index (κ2) is 4.60. The number of aromatic nitrogens is 1. The quantitative estimate of drug-likeness (QED) is 0.609. The van der Waals surface area contributed by atoms with E-state index in [-0.39, 0.29) is 0 Å². The first kappa shape index (κ1) is 11.0. The predicted molar refractivity (Wildman–Crippen MR) is 61.9 cm³/mol. The predicted octanol–water partition coefficient (Wildman–Crippen LogP) is 3.42. The summed E-state index contributed by atoms with van der Waals surface area (Å²) < 4.78 is 6.15. The fourth-order valence-corrected chi connectivity index (χ4v) is 1.60. The zero-order chi connectivity index (χ0) is 11.5. The first-order chi connectivity index (χ1) is 7.65. The third-order valence-corrected chi connectivity index (χ3v) is 2.42. The van der Waals surface area contributed by atoms with Gasteiger partial charge in [0.05, 0.1) is 5.02 Å². The van der Waals surface area contributed by atoms with Crippen LogP contribution in [0.1, 0.15) is 0 Å². The van der Waals surface area contributed by atoms with E-state index in [1.165, 1.54) is 12.4 Å². The maximum absolute atomic E-state index is 10.8. The summed E-state index contributed by atoms with van der Waals surface area (Å²) >= 11 is 11.7. The van der Waals surface area contributed by atoms with Crippen molar-refractivity contribution >= 4 is 23.2 Å². The highest BCUT2D eigenvalue weighted by Crippen LogP contribution is 2.30. The van der Waals surface area contributed by atoms with Gasteiger partial charge in [0.25, 0.3) is 0 Å². The van der Waals surface area contributed by atoms with Crippen LogP contribution in [-0.4, -0.2) is 0 Å². The minimum Gasteiger partial charge on any atom is -0.619 e. The first-order valence-electron chi connectivity index (χ1n) is 4.47. The van der Waals surface area contributed by atoms with Gasteiger partial charge in [-0.05, 0) is 18.2 Å². The van der Waals surface area contributed by atoms with E-state index in [9.17, 15) is 5.21 Å². The van der Waals surface area contributed by atoms with Crippen LogP contribution in [0.4, 0.5) is 0 Å². The molecule has 0 saturated carbocycles. The molecule has 3 nitrogen and oxygen atoms in total. The number of hydrogen-bond donors (Lipinski definition) is 0. The highest BCUT2D eigenvalue weighted by Gasteiger charge is 2.04. The number of pyridine rings is 1. The van der Waals surface area contributed by atoms with Crippen LogP contribution in [0.5, 0.6) is 11.5 Å². The van der Waals surface area contributed by atoms with Crippen molar-refractivity contribution in [1.29, 1.82) is 0 Å². The molecule has 5 heteroatoms. The topological polar surface area (TPSA) is 36.2 Å². The molecule has 0 aliphatic rings. The third-order valence-electron chi connectivity index (χ3n) is 1.89. The summed E-state index contributed by atoms with van der Waals surface area (Å²) in [5.41, 5.74) is 0. The molecule has 1 heterocycles. The van der Waals surface area contributed by atoms with Crippen molar-refractivity contribution in [3.63, 3.8) is 0 Å². The molecule has 0 spiro atoms. The van der Waals surface area contributed by atoms with Crippen LogP contribution in [0.25, 0.3) is 0 Å². The molecular formula is C11H7Cl2NO2. The lowest BCUT2D eigenvalue weighted by Gasteiger charge is -2.07. The summed E-state index contributed by atoms with van der Waals surface area (Å²) in [6, 6.07) is 8.05. The van der Waals surface area contributed by atoms with E-state index in [4.69, 9.17) is 27.9 Å². The molecule has 0 aliphatic heterocycles. The van der Waals surface area contributed by atoms with Crippen molar-refractivity contribution in [2.24, 2.45) is 0 Å². The Bertz CT molecular complexity index is 500. The SMILES string of the molecule is [O-][n+]1ccc(Oc2ccc(Cl)cc2Cl)cc1. The lowest BCUT2D eigenvalue weighted by molar-refractivity contribution is -0.605. The van der Waals surface area contributed by atoms with Gasteiger partial charge < -0.3 is 9.94 Å². The summed E-state index contributed by atoms with van der Waals surface area (Å²) in [5, 5.41) is 11.8. The molecule has 0 unspecified atom stereocenters. The second-order valence-electron chi connectivity index (χ2n) is 3.07. The van der Waals surface area contributed by atoms with Crippen molar-refractivity contribution in [2.45, 2.75) is 0 Å². The van der Waals surface area contributed by atoms with Crippen molar-refractivity contribution < 1.29 is 9.47 Å². The van der Waals surface area contributed by atoms with Crippen molar-refractivity contribution in [3.05, 3.63) is 58.0 Å². The van der Waals surface area contributed by atoms with Crippen LogP contribution in [0, 0.1) is 5.21 Å². The molecule has 1 aromatic carbocycles. The Morgan fingerprint density at radius 3 is 2.38 bits per heavy atom. The van der Waals surface area contributed by atoms with Crippen molar-refractivity contribution in [3.8, 4) is 11.5 Å². The van der Waals surface area contributed by atoms with Gasteiger partial charge in [-0.25, -0.2) is 0 Å². The summed E-state index contributed by atoms with van der Waals surface area (Å²) in [6.07, 6.45) is 2.69. The van der Waals surface area contributed by atoms with Crippen LogP contribution < -0.4 is 9.47 Å². The van der Waals surface area contributed by atoms with Crippen LogP contribution >= 0.6 is 23.2 Å². The molecule has 2 aromatic rings. The zero-order valence-electron chi connectivity index (χ0n) is 8.06. The second-order valence-corrected chi connectivity index (χ2v) is 3.91. The maximum atomic E-state index is 10.8. The van der Waals surface area contributed by atoms with E-state index in [1.54, 1.807) is 30.3 Å². The van der Waals surface area contributed by atoms with E-state index in [2.05, 4.69) is 0 Å². The highest BCUT2D eigenvalue weighted by atomic mass is 35.5. The molecule has 0 atom stereocenters. The Morgan fingerprint density at radius 2 is 1.75 bits per heavy atom. The average molecular weight is 256 g/mol. The Balaban J connectivity index is 2.23. The molecule has 82 valence electrons. The van der Waals surface area contributed by atoms with Gasteiger partial charge in [-0.3, -0.25) is 0 Å². The molecule has 0 amide bonds. The number of rotatable bonds is 2. The molecule has 0 aliphatic carbocycles. The Hall–Kier alpha value is -1.45. The molecule has 2 rings (SSSR count). The first-order valence-corrected chi connectivity index (χ1v) is 5.22. The molecule has 0 fully saturated rings. The molecule has 0 N–H and O–H groups in total. The fraction of sp³-hybridized carbons (Fsp3) is 0. The van der Waals surface area contributed by atoms with Gasteiger partial charge in [-0.1, -0.05) is 23.2 Å².